The molecule has 1 N–H and O–H groups in total. The zero-order valence-corrected chi connectivity index (χ0v) is 24.4. The topological polar surface area (TPSA) is 96.8 Å². The maximum absolute atomic E-state index is 13.6. The number of piperidine rings is 1. The van der Waals surface area contributed by atoms with Gasteiger partial charge in [-0.05, 0) is 73.8 Å². The van der Waals surface area contributed by atoms with E-state index < -0.39 is 0 Å². The molecule has 2 saturated carbocycles. The number of hydrogen-bond acceptors (Lipinski definition) is 5. The van der Waals surface area contributed by atoms with E-state index in [1.807, 2.05) is 30.4 Å². The number of aromatic nitrogens is 2. The number of nitrogens with zero attached hydrogens (tertiary/aromatic N) is 4. The van der Waals surface area contributed by atoms with Crippen molar-refractivity contribution in [2.45, 2.75) is 44.4 Å². The highest BCUT2D eigenvalue weighted by atomic mass is 16.5. The highest BCUT2D eigenvalue weighted by Gasteiger charge is 2.36. The minimum atomic E-state index is -0.0539. The highest BCUT2D eigenvalue weighted by Crippen LogP contribution is 2.38. The molecule has 0 bridgehead atoms. The lowest BCUT2D eigenvalue weighted by atomic mass is 9.88. The van der Waals surface area contributed by atoms with Gasteiger partial charge in [0.1, 0.15) is 0 Å². The molecule has 220 valence electrons. The van der Waals surface area contributed by atoms with E-state index in [-0.39, 0.29) is 29.6 Å². The van der Waals surface area contributed by atoms with Crippen molar-refractivity contribution in [3.8, 4) is 11.1 Å². The monoisotopic (exact) mass is 569 g/mol. The van der Waals surface area contributed by atoms with E-state index in [9.17, 15) is 14.4 Å². The van der Waals surface area contributed by atoms with Crippen LogP contribution in [-0.4, -0.2) is 65.8 Å². The Morgan fingerprint density at radius 2 is 1.67 bits per heavy atom. The summed E-state index contributed by atoms with van der Waals surface area (Å²) in [5, 5.41) is 7.30. The Morgan fingerprint density at radius 1 is 0.952 bits per heavy atom. The summed E-state index contributed by atoms with van der Waals surface area (Å²) in [4.78, 5) is 43.2. The number of benzene rings is 2. The number of amides is 3. The van der Waals surface area contributed by atoms with Crippen molar-refractivity contribution in [1.29, 1.82) is 0 Å². The molecular weight excluding hydrogens is 530 g/mol. The molecule has 42 heavy (non-hydrogen) atoms. The van der Waals surface area contributed by atoms with E-state index in [0.29, 0.717) is 49.1 Å². The number of hydrogen-bond donors (Lipinski definition) is 1. The number of anilines is 2. The highest BCUT2D eigenvalue weighted by molar-refractivity contribution is 6.05. The van der Waals surface area contributed by atoms with Crippen molar-refractivity contribution >= 4 is 29.1 Å². The molecule has 2 heterocycles. The zero-order valence-electron chi connectivity index (χ0n) is 24.4. The van der Waals surface area contributed by atoms with Crippen molar-refractivity contribution in [3.05, 3.63) is 66.0 Å². The molecule has 1 saturated heterocycles. The van der Waals surface area contributed by atoms with Crippen molar-refractivity contribution in [3.63, 3.8) is 0 Å². The number of rotatable bonds is 10. The molecule has 0 unspecified atom stereocenters. The summed E-state index contributed by atoms with van der Waals surface area (Å²) in [7, 11) is 3.53. The molecule has 3 amide bonds. The average Bonchev–Trinajstić information content (AvgIpc) is 3.95. The summed E-state index contributed by atoms with van der Waals surface area (Å²) in [6, 6.07) is 14.0. The molecule has 3 aliphatic rings. The number of methoxy groups -OCH3 is 1. The van der Waals surface area contributed by atoms with Gasteiger partial charge in [0, 0.05) is 63.0 Å². The summed E-state index contributed by atoms with van der Waals surface area (Å²) >= 11 is 0. The average molecular weight is 570 g/mol. The van der Waals surface area contributed by atoms with Crippen LogP contribution in [0.3, 0.4) is 0 Å². The molecule has 1 aliphatic heterocycles. The first-order valence-corrected chi connectivity index (χ1v) is 15.0. The van der Waals surface area contributed by atoms with Crippen LogP contribution in [0.2, 0.25) is 0 Å². The molecule has 0 radical (unpaired) electrons. The van der Waals surface area contributed by atoms with Crippen LogP contribution in [0.15, 0.2) is 54.9 Å². The van der Waals surface area contributed by atoms with Crippen molar-refractivity contribution < 1.29 is 19.1 Å². The number of likely N-dealkylation sites (tertiary alicyclic amines) is 1. The van der Waals surface area contributed by atoms with E-state index in [2.05, 4.69) is 34.7 Å². The SMILES string of the molecule is COCCN(C(=O)C1CC1)c1ccc(C(=O)N2CCC(c3ccc(-c4cnn(C)c4)cc3)CC2)cc1NC(=O)C1CC1. The van der Waals surface area contributed by atoms with Gasteiger partial charge in [-0.15, -0.1) is 0 Å². The van der Waals surface area contributed by atoms with Gasteiger partial charge in [0.25, 0.3) is 5.91 Å². The second-order valence-electron chi connectivity index (χ2n) is 11.8. The maximum Gasteiger partial charge on any atom is 0.253 e. The standard InChI is InChI=1S/C33H39N5O4/c1-36-21-28(20-34-36)23-5-3-22(4-6-23)24-13-15-37(16-14-24)32(40)27-11-12-30(29(19-27)35-31(39)25-7-8-25)38(17-18-42-2)33(41)26-9-10-26/h3-6,11-12,19-21,24-26H,7-10,13-18H2,1-2H3,(H,35,39). The fraction of sp³-hybridized carbons (Fsp3) is 0.455. The molecule has 3 fully saturated rings. The fourth-order valence-electron chi connectivity index (χ4n) is 5.78. The van der Waals surface area contributed by atoms with Gasteiger partial charge < -0.3 is 19.9 Å². The molecule has 9 heteroatoms. The molecule has 0 spiro atoms. The van der Waals surface area contributed by atoms with E-state index in [4.69, 9.17) is 4.74 Å². The van der Waals surface area contributed by atoms with Crippen LogP contribution in [0, 0.1) is 11.8 Å². The molecular formula is C33H39N5O4. The summed E-state index contributed by atoms with van der Waals surface area (Å²) in [5.74, 6) is 0.357. The molecule has 3 aromatic rings. The molecule has 0 atom stereocenters. The molecule has 2 aromatic carbocycles. The van der Waals surface area contributed by atoms with E-state index in [0.717, 1.165) is 49.7 Å². The third-order valence-corrected chi connectivity index (χ3v) is 8.65. The number of nitrogens with one attached hydrogen (secondary N) is 1. The van der Waals surface area contributed by atoms with Crippen LogP contribution in [0.25, 0.3) is 11.1 Å². The lowest BCUT2D eigenvalue weighted by Gasteiger charge is -2.33. The normalized spacial score (nSPS) is 17.2. The largest absolute Gasteiger partial charge is 0.383 e. The summed E-state index contributed by atoms with van der Waals surface area (Å²) < 4.78 is 7.08. The maximum atomic E-state index is 13.6. The Bertz CT molecular complexity index is 1450. The first kappa shape index (κ1) is 28.2. The van der Waals surface area contributed by atoms with Crippen molar-refractivity contribution in [2.75, 3.05) is 43.6 Å². The van der Waals surface area contributed by atoms with Crippen LogP contribution in [0.5, 0.6) is 0 Å². The van der Waals surface area contributed by atoms with Gasteiger partial charge >= 0.3 is 0 Å². The van der Waals surface area contributed by atoms with Gasteiger partial charge in [-0.2, -0.15) is 5.10 Å². The van der Waals surface area contributed by atoms with Gasteiger partial charge in [-0.25, -0.2) is 0 Å². The number of aryl methyl sites for hydroxylation is 1. The van der Waals surface area contributed by atoms with Gasteiger partial charge in [0.2, 0.25) is 11.8 Å². The van der Waals surface area contributed by atoms with Crippen molar-refractivity contribution in [2.24, 2.45) is 18.9 Å². The number of ether oxygens (including phenoxy) is 1. The van der Waals surface area contributed by atoms with Gasteiger partial charge in [0.05, 0.1) is 24.2 Å². The second-order valence-corrected chi connectivity index (χ2v) is 11.8. The number of carbonyl (C=O) groups excluding carboxylic acids is 3. The molecule has 1 aromatic heterocycles. The second kappa shape index (κ2) is 12.1. The lowest BCUT2D eigenvalue weighted by Crippen LogP contribution is -2.38. The van der Waals surface area contributed by atoms with E-state index in [1.165, 1.54) is 5.56 Å². The predicted octanol–water partition coefficient (Wildman–Crippen LogP) is 4.84. The molecule has 9 nitrogen and oxygen atoms in total. The lowest BCUT2D eigenvalue weighted by molar-refractivity contribution is -0.120. The minimum absolute atomic E-state index is 0.00113. The van der Waals surface area contributed by atoms with Crippen LogP contribution < -0.4 is 10.2 Å². The smallest absolute Gasteiger partial charge is 0.253 e. The van der Waals surface area contributed by atoms with Gasteiger partial charge in [-0.1, -0.05) is 24.3 Å². The third-order valence-electron chi connectivity index (χ3n) is 8.65. The Balaban J connectivity index is 1.15. The Morgan fingerprint density at radius 3 is 2.29 bits per heavy atom. The Kier molecular flexibility index (Phi) is 8.11. The predicted molar refractivity (Wildman–Crippen MR) is 161 cm³/mol. The van der Waals surface area contributed by atoms with E-state index >= 15 is 0 Å². The summed E-state index contributed by atoms with van der Waals surface area (Å²) in [6.45, 7) is 2.11. The van der Waals surface area contributed by atoms with Crippen LogP contribution in [0.1, 0.15) is 60.4 Å². The van der Waals surface area contributed by atoms with Crippen LogP contribution in [0.4, 0.5) is 11.4 Å². The summed E-state index contributed by atoms with van der Waals surface area (Å²) in [5.41, 5.74) is 5.21. The van der Waals surface area contributed by atoms with Crippen LogP contribution >= 0.6 is 0 Å². The minimum Gasteiger partial charge on any atom is -0.383 e. The van der Waals surface area contributed by atoms with Crippen molar-refractivity contribution in [1.82, 2.24) is 14.7 Å². The quantitative estimate of drug-likeness (QED) is 0.377. The summed E-state index contributed by atoms with van der Waals surface area (Å²) in [6.07, 6.45) is 9.17. The fourth-order valence-corrected chi connectivity index (χ4v) is 5.78. The Labute approximate surface area is 246 Å². The zero-order chi connectivity index (χ0) is 29.2. The van der Waals surface area contributed by atoms with Gasteiger partial charge in [0.15, 0.2) is 0 Å². The first-order chi connectivity index (χ1) is 20.4. The molecule has 6 rings (SSSR count). The Hall–Kier alpha value is -3.98. The van der Waals surface area contributed by atoms with E-state index in [1.54, 1.807) is 28.8 Å². The molecule has 2 aliphatic carbocycles. The third kappa shape index (κ3) is 6.26. The van der Waals surface area contributed by atoms with Gasteiger partial charge in [-0.3, -0.25) is 19.1 Å². The first-order valence-electron chi connectivity index (χ1n) is 15.0. The number of carbonyl (C=O) groups is 3. The van der Waals surface area contributed by atoms with Crippen LogP contribution in [-0.2, 0) is 21.4 Å².